The third kappa shape index (κ3) is 8.15. The summed E-state index contributed by atoms with van der Waals surface area (Å²) in [4.78, 5) is 12.0. The summed E-state index contributed by atoms with van der Waals surface area (Å²) < 4.78 is 0. The van der Waals surface area contributed by atoms with Crippen LogP contribution in [0.15, 0.2) is 34.6 Å². The molecule has 0 aliphatic carbocycles. The molecule has 5 nitrogen and oxygen atoms in total. The largest absolute Gasteiger partial charge is 0.357 e. The highest BCUT2D eigenvalue weighted by Crippen LogP contribution is 2.20. The fourth-order valence-electron chi connectivity index (χ4n) is 3.88. The molecule has 0 spiro atoms. The number of nitrogens with one attached hydrogen (secondary N) is 2. The molecule has 1 aliphatic heterocycles. The minimum atomic E-state index is 0. The van der Waals surface area contributed by atoms with Gasteiger partial charge in [0.2, 0.25) is 0 Å². The van der Waals surface area contributed by atoms with E-state index in [2.05, 4.69) is 70.9 Å². The molecule has 1 aliphatic rings. The van der Waals surface area contributed by atoms with Crippen molar-refractivity contribution in [1.82, 2.24) is 20.5 Å². The molecule has 1 fully saturated rings. The van der Waals surface area contributed by atoms with Crippen LogP contribution in [0, 0.1) is 12.8 Å². The quantitative estimate of drug-likeness (QED) is 0.292. The number of thiazole rings is 1. The van der Waals surface area contributed by atoms with E-state index in [0.717, 1.165) is 48.6 Å². The highest BCUT2D eigenvalue weighted by molar-refractivity contribution is 14.0. The molecule has 30 heavy (non-hydrogen) atoms. The first kappa shape index (κ1) is 25.1. The fraction of sp³-hybridized carbons (Fsp3) is 0.565. The normalized spacial score (nSPS) is 17.4. The van der Waals surface area contributed by atoms with Gasteiger partial charge in [-0.1, -0.05) is 31.2 Å². The standard InChI is InChI=1S/C23H35N5S.HI/c1-4-24-23(25-12-11-22-17-29-19(3)27-22)26-14-20-9-5-6-10-21(20)16-28-13-7-8-18(2)15-28;/h5-6,9-10,17-18H,4,7-8,11-16H2,1-3H3,(H2,24,25,26);1H. The summed E-state index contributed by atoms with van der Waals surface area (Å²) in [7, 11) is 0. The van der Waals surface area contributed by atoms with Crippen molar-refractivity contribution in [2.75, 3.05) is 26.2 Å². The SMILES string of the molecule is CCNC(=NCc1ccccc1CN1CCCC(C)C1)NCCc1csc(C)n1.I. The van der Waals surface area contributed by atoms with Crippen LogP contribution in [0.1, 0.15) is 48.5 Å². The van der Waals surface area contributed by atoms with Crippen molar-refractivity contribution in [1.29, 1.82) is 0 Å². The third-order valence-corrected chi connectivity index (χ3v) is 6.17. The Bertz CT molecular complexity index is 791. The van der Waals surface area contributed by atoms with E-state index in [1.165, 1.54) is 37.1 Å². The van der Waals surface area contributed by atoms with E-state index in [0.29, 0.717) is 6.54 Å². The van der Waals surface area contributed by atoms with Gasteiger partial charge in [0, 0.05) is 38.0 Å². The maximum Gasteiger partial charge on any atom is 0.191 e. The topological polar surface area (TPSA) is 52.6 Å². The van der Waals surface area contributed by atoms with Crippen molar-refractivity contribution in [3.8, 4) is 0 Å². The van der Waals surface area contributed by atoms with Crippen LogP contribution in [-0.2, 0) is 19.5 Å². The van der Waals surface area contributed by atoms with Gasteiger partial charge in [-0.3, -0.25) is 4.90 Å². The second kappa shape index (κ2) is 13.3. The Morgan fingerprint density at radius 2 is 2.07 bits per heavy atom. The average molecular weight is 542 g/mol. The molecule has 2 aromatic rings. The zero-order valence-electron chi connectivity index (χ0n) is 18.5. The van der Waals surface area contributed by atoms with E-state index in [1.54, 1.807) is 11.3 Å². The zero-order chi connectivity index (χ0) is 20.5. The molecule has 0 radical (unpaired) electrons. The summed E-state index contributed by atoms with van der Waals surface area (Å²) in [5.41, 5.74) is 3.87. The number of piperidine rings is 1. The summed E-state index contributed by atoms with van der Waals surface area (Å²) in [6.45, 7) is 12.4. The Morgan fingerprint density at radius 1 is 1.27 bits per heavy atom. The lowest BCUT2D eigenvalue weighted by atomic mass is 9.99. The van der Waals surface area contributed by atoms with Crippen LogP contribution in [0.5, 0.6) is 0 Å². The third-order valence-electron chi connectivity index (χ3n) is 5.35. The smallest absolute Gasteiger partial charge is 0.191 e. The van der Waals surface area contributed by atoms with Gasteiger partial charge in [-0.2, -0.15) is 0 Å². The molecule has 1 atom stereocenters. The minimum absolute atomic E-state index is 0. The van der Waals surface area contributed by atoms with E-state index in [4.69, 9.17) is 4.99 Å². The van der Waals surface area contributed by atoms with Crippen LogP contribution in [-0.4, -0.2) is 42.0 Å². The number of aliphatic imine (C=N–C) groups is 1. The number of halogens is 1. The lowest BCUT2D eigenvalue weighted by molar-refractivity contribution is 0.176. The molecule has 3 rings (SSSR count). The van der Waals surface area contributed by atoms with Crippen LogP contribution in [0.2, 0.25) is 0 Å². The molecule has 7 heteroatoms. The van der Waals surface area contributed by atoms with Crippen molar-refractivity contribution >= 4 is 41.3 Å². The first-order chi connectivity index (χ1) is 14.1. The Morgan fingerprint density at radius 3 is 2.77 bits per heavy atom. The Hall–Kier alpha value is -1.19. The van der Waals surface area contributed by atoms with E-state index < -0.39 is 0 Å². The van der Waals surface area contributed by atoms with E-state index in [9.17, 15) is 0 Å². The predicted octanol–water partition coefficient (Wildman–Crippen LogP) is 4.60. The van der Waals surface area contributed by atoms with Crippen LogP contribution < -0.4 is 10.6 Å². The lowest BCUT2D eigenvalue weighted by Gasteiger charge is -2.31. The number of hydrogen-bond acceptors (Lipinski definition) is 4. The van der Waals surface area contributed by atoms with Crippen molar-refractivity contribution < 1.29 is 0 Å². The molecule has 1 aromatic heterocycles. The van der Waals surface area contributed by atoms with Gasteiger partial charge in [-0.05, 0) is 50.3 Å². The molecule has 2 heterocycles. The van der Waals surface area contributed by atoms with E-state index >= 15 is 0 Å². The molecule has 166 valence electrons. The van der Waals surface area contributed by atoms with Gasteiger partial charge < -0.3 is 10.6 Å². The van der Waals surface area contributed by atoms with E-state index in [1.807, 2.05) is 0 Å². The summed E-state index contributed by atoms with van der Waals surface area (Å²) >= 11 is 1.71. The summed E-state index contributed by atoms with van der Waals surface area (Å²) in [5, 5.41) is 10.1. The maximum absolute atomic E-state index is 4.85. The van der Waals surface area contributed by atoms with Gasteiger partial charge in [-0.25, -0.2) is 9.98 Å². The van der Waals surface area contributed by atoms with Gasteiger partial charge >= 0.3 is 0 Å². The van der Waals surface area contributed by atoms with Crippen molar-refractivity contribution in [3.63, 3.8) is 0 Å². The van der Waals surface area contributed by atoms with Crippen LogP contribution in [0.25, 0.3) is 0 Å². The first-order valence-electron chi connectivity index (χ1n) is 10.9. The number of aryl methyl sites for hydroxylation is 1. The second-order valence-corrected chi connectivity index (χ2v) is 9.04. The molecule has 1 unspecified atom stereocenters. The number of hydrogen-bond donors (Lipinski definition) is 2. The van der Waals surface area contributed by atoms with Gasteiger partial charge in [0.05, 0.1) is 17.2 Å². The van der Waals surface area contributed by atoms with Crippen LogP contribution >= 0.6 is 35.3 Å². The van der Waals surface area contributed by atoms with Crippen molar-refractivity contribution in [3.05, 3.63) is 51.5 Å². The Labute approximate surface area is 202 Å². The summed E-state index contributed by atoms with van der Waals surface area (Å²) in [6, 6.07) is 8.75. The Kier molecular flexibility index (Phi) is 11.1. The van der Waals surface area contributed by atoms with E-state index in [-0.39, 0.29) is 24.0 Å². The molecule has 2 N–H and O–H groups in total. The van der Waals surface area contributed by atoms with Gasteiger partial charge in [0.15, 0.2) is 5.96 Å². The zero-order valence-corrected chi connectivity index (χ0v) is 21.6. The second-order valence-electron chi connectivity index (χ2n) is 7.98. The predicted molar refractivity (Wildman–Crippen MR) is 139 cm³/mol. The van der Waals surface area contributed by atoms with Crippen LogP contribution in [0.4, 0.5) is 0 Å². The fourth-order valence-corrected chi connectivity index (χ4v) is 4.52. The first-order valence-corrected chi connectivity index (χ1v) is 11.7. The maximum atomic E-state index is 4.85. The number of nitrogens with zero attached hydrogens (tertiary/aromatic N) is 3. The van der Waals surface area contributed by atoms with Gasteiger partial charge in [0.1, 0.15) is 0 Å². The molecule has 0 bridgehead atoms. The average Bonchev–Trinajstić information content (AvgIpc) is 3.12. The monoisotopic (exact) mass is 541 g/mol. The van der Waals surface area contributed by atoms with Crippen molar-refractivity contribution in [2.45, 2.75) is 53.1 Å². The summed E-state index contributed by atoms with van der Waals surface area (Å²) in [6.07, 6.45) is 3.59. The molecule has 1 aromatic carbocycles. The molecular formula is C23H36IN5S. The molecule has 0 amide bonds. The number of guanidine groups is 1. The molecule has 1 saturated heterocycles. The van der Waals surface area contributed by atoms with Crippen LogP contribution in [0.3, 0.4) is 0 Å². The lowest BCUT2D eigenvalue weighted by Crippen LogP contribution is -2.38. The summed E-state index contributed by atoms with van der Waals surface area (Å²) in [5.74, 6) is 1.68. The minimum Gasteiger partial charge on any atom is -0.357 e. The molecule has 0 saturated carbocycles. The number of benzene rings is 1. The highest BCUT2D eigenvalue weighted by atomic mass is 127. The number of aromatic nitrogens is 1. The Balaban J connectivity index is 0.00000320. The van der Waals surface area contributed by atoms with Gasteiger partial charge in [0.25, 0.3) is 0 Å². The van der Waals surface area contributed by atoms with Gasteiger partial charge in [-0.15, -0.1) is 35.3 Å². The van der Waals surface area contributed by atoms with Crippen molar-refractivity contribution in [2.24, 2.45) is 10.9 Å². The number of rotatable bonds is 8. The highest BCUT2D eigenvalue weighted by Gasteiger charge is 2.17. The number of likely N-dealkylation sites (tertiary alicyclic amines) is 1. The molecular weight excluding hydrogens is 505 g/mol.